The Balaban J connectivity index is 1.92. The van der Waals surface area contributed by atoms with Crippen molar-refractivity contribution in [3.63, 3.8) is 0 Å². The average Bonchev–Trinajstić information content (AvgIpc) is 2.89. The average molecular weight is 329 g/mol. The number of halogens is 1. The maximum Gasteiger partial charge on any atom is 0.256 e. The lowest BCUT2D eigenvalue weighted by molar-refractivity contribution is 0.597. The third-order valence-electron chi connectivity index (χ3n) is 3.13. The van der Waals surface area contributed by atoms with Gasteiger partial charge in [0.25, 0.3) is 5.95 Å². The van der Waals surface area contributed by atoms with E-state index < -0.39 is 9.84 Å². The summed E-state index contributed by atoms with van der Waals surface area (Å²) in [5, 5.41) is 4.10. The molecule has 0 aliphatic carbocycles. The predicted octanol–water partition coefficient (Wildman–Crippen LogP) is 0.336. The first-order chi connectivity index (χ1) is 10.0. The highest BCUT2D eigenvalue weighted by Gasteiger charge is 2.22. The molecule has 1 saturated heterocycles. The Hall–Kier alpha value is -1.74. The van der Waals surface area contributed by atoms with E-state index in [0.717, 1.165) is 0 Å². The maximum atomic E-state index is 11.6. The molecule has 0 radical (unpaired) electrons. The third kappa shape index (κ3) is 3.30. The molecule has 10 heteroatoms. The maximum absolute atomic E-state index is 11.6. The van der Waals surface area contributed by atoms with E-state index in [1.54, 1.807) is 18.5 Å². The van der Waals surface area contributed by atoms with Gasteiger partial charge in [-0.15, -0.1) is 0 Å². The van der Waals surface area contributed by atoms with Gasteiger partial charge in [-0.05, 0) is 24.1 Å². The summed E-state index contributed by atoms with van der Waals surface area (Å²) in [6.07, 6.45) is 3.85. The van der Waals surface area contributed by atoms with Gasteiger partial charge >= 0.3 is 0 Å². The van der Waals surface area contributed by atoms with Crippen molar-refractivity contribution in [2.45, 2.75) is 6.42 Å². The smallest absolute Gasteiger partial charge is 0.256 e. The lowest BCUT2D eigenvalue weighted by atomic mass is 10.4. The van der Waals surface area contributed by atoms with Crippen LogP contribution in [0, 0.1) is 0 Å². The summed E-state index contributed by atoms with van der Waals surface area (Å²) in [5.41, 5.74) is 0. The van der Waals surface area contributed by atoms with E-state index >= 15 is 0 Å². The molecule has 0 amide bonds. The Morgan fingerprint density at radius 2 is 1.90 bits per heavy atom. The number of sulfone groups is 1. The zero-order valence-electron chi connectivity index (χ0n) is 11.1. The largest absolute Gasteiger partial charge is 0.340 e. The standard InChI is InChI=1S/C11H13ClN6O2S/c12-9-14-10(16-11(15-9)18-5-1-3-13-18)17-4-2-7-21(19,20)8-6-17/h1,3,5H,2,4,6-8H2. The molecule has 8 nitrogen and oxygen atoms in total. The quantitative estimate of drug-likeness (QED) is 0.784. The van der Waals surface area contributed by atoms with Crippen LogP contribution in [0.3, 0.4) is 0 Å². The minimum absolute atomic E-state index is 0.0533. The molecule has 0 aromatic carbocycles. The Morgan fingerprint density at radius 3 is 2.67 bits per heavy atom. The number of hydrogen-bond donors (Lipinski definition) is 0. The van der Waals surface area contributed by atoms with Gasteiger partial charge in [0.15, 0.2) is 9.84 Å². The Kier molecular flexibility index (Phi) is 3.77. The van der Waals surface area contributed by atoms with Crippen LogP contribution in [0.4, 0.5) is 5.95 Å². The number of anilines is 1. The molecular weight excluding hydrogens is 316 g/mol. The Labute approximate surface area is 126 Å². The van der Waals surface area contributed by atoms with E-state index in [0.29, 0.717) is 31.4 Å². The molecule has 112 valence electrons. The summed E-state index contributed by atoms with van der Waals surface area (Å²) in [6.45, 7) is 0.916. The van der Waals surface area contributed by atoms with E-state index in [1.807, 2.05) is 4.90 Å². The summed E-state index contributed by atoms with van der Waals surface area (Å²) < 4.78 is 24.8. The molecule has 0 N–H and O–H groups in total. The van der Waals surface area contributed by atoms with Crippen molar-refractivity contribution < 1.29 is 8.42 Å². The van der Waals surface area contributed by atoms with Gasteiger partial charge in [0, 0.05) is 25.5 Å². The molecule has 0 saturated carbocycles. The first-order valence-electron chi connectivity index (χ1n) is 6.40. The van der Waals surface area contributed by atoms with Gasteiger partial charge in [-0.2, -0.15) is 20.1 Å². The lowest BCUT2D eigenvalue weighted by Gasteiger charge is -2.19. The molecule has 3 rings (SSSR count). The predicted molar refractivity (Wildman–Crippen MR) is 77.4 cm³/mol. The molecule has 0 bridgehead atoms. The SMILES string of the molecule is O=S1(=O)CCCN(c2nc(Cl)nc(-n3cccn3)n2)CC1. The summed E-state index contributed by atoms with van der Waals surface area (Å²) in [5.74, 6) is 0.960. The van der Waals surface area contributed by atoms with Crippen LogP contribution in [0.2, 0.25) is 5.28 Å². The van der Waals surface area contributed by atoms with Crippen molar-refractivity contribution >= 4 is 27.4 Å². The van der Waals surface area contributed by atoms with Crippen LogP contribution < -0.4 is 4.90 Å². The number of aromatic nitrogens is 5. The summed E-state index contributed by atoms with van der Waals surface area (Å²) in [7, 11) is -2.99. The van der Waals surface area contributed by atoms with E-state index in [2.05, 4.69) is 20.1 Å². The minimum atomic E-state index is -2.99. The van der Waals surface area contributed by atoms with Gasteiger partial charge in [-0.1, -0.05) is 0 Å². The molecule has 2 aromatic heterocycles. The summed E-state index contributed by atoms with van der Waals surface area (Å²) in [4.78, 5) is 14.2. The van der Waals surface area contributed by atoms with Crippen molar-refractivity contribution in [2.24, 2.45) is 0 Å². The van der Waals surface area contributed by atoms with Crippen LogP contribution in [0.25, 0.3) is 5.95 Å². The molecule has 3 heterocycles. The second kappa shape index (κ2) is 5.57. The van der Waals surface area contributed by atoms with Gasteiger partial charge in [0.05, 0.1) is 11.5 Å². The highest BCUT2D eigenvalue weighted by atomic mass is 35.5. The topological polar surface area (TPSA) is 93.9 Å². The Bertz CT molecular complexity index is 733. The van der Waals surface area contributed by atoms with E-state index in [1.165, 1.54) is 4.68 Å². The van der Waals surface area contributed by atoms with Gasteiger partial charge in [0.2, 0.25) is 11.2 Å². The fourth-order valence-electron chi connectivity index (χ4n) is 2.10. The second-order valence-electron chi connectivity index (χ2n) is 4.65. The molecule has 0 spiro atoms. The zero-order valence-corrected chi connectivity index (χ0v) is 12.6. The molecule has 1 fully saturated rings. The van der Waals surface area contributed by atoms with Gasteiger partial charge < -0.3 is 4.90 Å². The van der Waals surface area contributed by atoms with Gasteiger partial charge in [0.1, 0.15) is 0 Å². The highest BCUT2D eigenvalue weighted by molar-refractivity contribution is 7.91. The first-order valence-corrected chi connectivity index (χ1v) is 8.60. The van der Waals surface area contributed by atoms with Crippen molar-refractivity contribution in [3.05, 3.63) is 23.7 Å². The van der Waals surface area contributed by atoms with Crippen LogP contribution in [0.5, 0.6) is 0 Å². The second-order valence-corrected chi connectivity index (χ2v) is 7.29. The van der Waals surface area contributed by atoms with Crippen LogP contribution >= 0.6 is 11.6 Å². The van der Waals surface area contributed by atoms with Gasteiger partial charge in [-0.25, -0.2) is 13.1 Å². The number of rotatable bonds is 2. The fraction of sp³-hybridized carbons (Fsp3) is 0.455. The minimum Gasteiger partial charge on any atom is -0.340 e. The van der Waals surface area contributed by atoms with Crippen molar-refractivity contribution in [2.75, 3.05) is 29.5 Å². The number of nitrogens with zero attached hydrogens (tertiary/aromatic N) is 6. The normalized spacial score (nSPS) is 18.4. The fourth-order valence-corrected chi connectivity index (χ4v) is 3.52. The van der Waals surface area contributed by atoms with E-state index in [4.69, 9.17) is 11.6 Å². The molecule has 21 heavy (non-hydrogen) atoms. The first kappa shape index (κ1) is 14.2. The molecule has 1 aliphatic rings. The molecule has 2 aromatic rings. The molecular formula is C11H13ClN6O2S. The highest BCUT2D eigenvalue weighted by Crippen LogP contribution is 2.16. The van der Waals surface area contributed by atoms with Crippen LogP contribution in [0.15, 0.2) is 18.5 Å². The lowest BCUT2D eigenvalue weighted by Crippen LogP contribution is -2.29. The van der Waals surface area contributed by atoms with Crippen LogP contribution in [-0.4, -0.2) is 57.7 Å². The molecule has 0 unspecified atom stereocenters. The van der Waals surface area contributed by atoms with E-state index in [9.17, 15) is 8.42 Å². The molecule has 1 aliphatic heterocycles. The van der Waals surface area contributed by atoms with Crippen molar-refractivity contribution in [3.8, 4) is 5.95 Å². The van der Waals surface area contributed by atoms with Crippen molar-refractivity contribution in [1.29, 1.82) is 0 Å². The molecule has 0 atom stereocenters. The monoisotopic (exact) mass is 328 g/mol. The third-order valence-corrected chi connectivity index (χ3v) is 5.02. The van der Waals surface area contributed by atoms with Gasteiger partial charge in [-0.3, -0.25) is 0 Å². The zero-order chi connectivity index (χ0) is 14.9. The summed E-state index contributed by atoms with van der Waals surface area (Å²) in [6, 6.07) is 1.75. The van der Waals surface area contributed by atoms with Crippen LogP contribution in [-0.2, 0) is 9.84 Å². The Morgan fingerprint density at radius 1 is 1.10 bits per heavy atom. The van der Waals surface area contributed by atoms with Crippen molar-refractivity contribution in [1.82, 2.24) is 24.7 Å². The number of hydrogen-bond acceptors (Lipinski definition) is 7. The van der Waals surface area contributed by atoms with Crippen LogP contribution in [0.1, 0.15) is 6.42 Å². The summed E-state index contributed by atoms with van der Waals surface area (Å²) >= 11 is 5.93. The van der Waals surface area contributed by atoms with E-state index in [-0.39, 0.29) is 16.8 Å².